The van der Waals surface area contributed by atoms with E-state index in [1.54, 1.807) is 7.05 Å². The molecule has 174 valence electrons. The summed E-state index contributed by atoms with van der Waals surface area (Å²) in [7, 11) is 1.55. The highest BCUT2D eigenvalue weighted by Gasteiger charge is 2.36. The Hall–Kier alpha value is -4.01. The summed E-state index contributed by atoms with van der Waals surface area (Å²) in [5, 5.41) is 6.61. The van der Waals surface area contributed by atoms with Crippen molar-refractivity contribution in [1.82, 2.24) is 14.8 Å². The van der Waals surface area contributed by atoms with E-state index in [1.807, 2.05) is 43.3 Å². The molecule has 34 heavy (non-hydrogen) atoms. The number of hydrogen-bond acceptors (Lipinski definition) is 3. The third kappa shape index (κ3) is 4.68. The van der Waals surface area contributed by atoms with Gasteiger partial charge in [-0.2, -0.15) is 18.3 Å². The van der Waals surface area contributed by atoms with Gasteiger partial charge in [0.1, 0.15) is 5.82 Å². The number of pyridine rings is 1. The number of anilines is 1. The Labute approximate surface area is 193 Å². The predicted octanol–water partition coefficient (Wildman–Crippen LogP) is 6.12. The first kappa shape index (κ1) is 23.2. The number of carbonyl (C=O) groups is 1. The molecule has 1 N–H and O–H groups in total. The van der Waals surface area contributed by atoms with Crippen LogP contribution >= 0.6 is 0 Å². The number of benzene rings is 2. The molecule has 0 aliphatic rings. The molecule has 0 aliphatic carbocycles. The molecule has 0 unspecified atom stereocenters. The standard InChI is InChI=1S/C25H20F4N4O/c1-3-16-11-17(15-7-5-4-6-8-15)23(14-30-16)31-24(34)19-12-18(22-9-10-33(2)32-22)20(13-21(19)26)25(27,28)29/h4-14H,3H2,1-2H3,(H,31,34). The lowest BCUT2D eigenvalue weighted by molar-refractivity contribution is -0.137. The second kappa shape index (κ2) is 9.09. The first-order valence-electron chi connectivity index (χ1n) is 10.4. The molecule has 0 atom stereocenters. The summed E-state index contributed by atoms with van der Waals surface area (Å²) in [6.45, 7) is 1.94. The second-order valence-corrected chi connectivity index (χ2v) is 7.64. The van der Waals surface area contributed by atoms with E-state index < -0.39 is 29.0 Å². The number of alkyl halides is 3. The number of nitrogens with one attached hydrogen (secondary N) is 1. The van der Waals surface area contributed by atoms with Gasteiger partial charge in [-0.25, -0.2) is 4.39 Å². The predicted molar refractivity (Wildman–Crippen MR) is 121 cm³/mol. The smallest absolute Gasteiger partial charge is 0.320 e. The minimum absolute atomic E-state index is 0.0252. The fourth-order valence-corrected chi connectivity index (χ4v) is 3.59. The SMILES string of the molecule is CCc1cc(-c2ccccc2)c(NC(=O)c2cc(-c3ccn(C)n3)c(C(F)(F)F)cc2F)cn1. The molecule has 0 saturated carbocycles. The molecule has 2 heterocycles. The molecule has 0 spiro atoms. The van der Waals surface area contributed by atoms with Gasteiger partial charge in [0.25, 0.3) is 5.91 Å². The van der Waals surface area contributed by atoms with Crippen LogP contribution in [0.1, 0.15) is 28.5 Å². The fraction of sp³-hybridized carbons (Fsp3) is 0.160. The molecule has 5 nitrogen and oxygen atoms in total. The highest BCUT2D eigenvalue weighted by atomic mass is 19.4. The van der Waals surface area contributed by atoms with Gasteiger partial charge < -0.3 is 5.32 Å². The quantitative estimate of drug-likeness (QED) is 0.359. The van der Waals surface area contributed by atoms with Crippen LogP contribution in [0.5, 0.6) is 0 Å². The number of amides is 1. The summed E-state index contributed by atoms with van der Waals surface area (Å²) < 4.78 is 56.9. The summed E-state index contributed by atoms with van der Waals surface area (Å²) in [6, 6.07) is 13.6. The summed E-state index contributed by atoms with van der Waals surface area (Å²) >= 11 is 0. The maximum absolute atomic E-state index is 14.8. The third-order valence-electron chi connectivity index (χ3n) is 5.30. The van der Waals surface area contributed by atoms with Crippen LogP contribution in [0.3, 0.4) is 0 Å². The molecule has 0 fully saturated rings. The van der Waals surface area contributed by atoms with Crippen LogP contribution in [0.15, 0.2) is 67.0 Å². The Kier molecular flexibility index (Phi) is 6.19. The van der Waals surface area contributed by atoms with Crippen LogP contribution in [0.25, 0.3) is 22.4 Å². The van der Waals surface area contributed by atoms with Crippen LogP contribution in [-0.4, -0.2) is 20.7 Å². The van der Waals surface area contributed by atoms with E-state index in [2.05, 4.69) is 15.4 Å². The van der Waals surface area contributed by atoms with E-state index in [0.717, 1.165) is 17.3 Å². The number of nitrogens with zero attached hydrogens (tertiary/aromatic N) is 3. The monoisotopic (exact) mass is 468 g/mol. The van der Waals surface area contributed by atoms with Crippen LogP contribution in [0.2, 0.25) is 0 Å². The molecule has 0 radical (unpaired) electrons. The molecule has 2 aromatic carbocycles. The highest BCUT2D eigenvalue weighted by molar-refractivity contribution is 6.07. The lowest BCUT2D eigenvalue weighted by atomic mass is 9.99. The van der Waals surface area contributed by atoms with Crippen LogP contribution in [0, 0.1) is 5.82 Å². The maximum Gasteiger partial charge on any atom is 0.417 e. The number of rotatable bonds is 5. The Balaban J connectivity index is 1.78. The van der Waals surface area contributed by atoms with E-state index in [9.17, 15) is 22.4 Å². The molecule has 2 aromatic heterocycles. The zero-order valence-corrected chi connectivity index (χ0v) is 18.3. The van der Waals surface area contributed by atoms with Gasteiger partial charge in [0.05, 0.1) is 28.7 Å². The molecular weight excluding hydrogens is 448 g/mol. The van der Waals surface area contributed by atoms with Gasteiger partial charge >= 0.3 is 6.18 Å². The average molecular weight is 468 g/mol. The van der Waals surface area contributed by atoms with Gasteiger partial charge in [-0.05, 0) is 36.2 Å². The minimum atomic E-state index is -4.83. The minimum Gasteiger partial charge on any atom is -0.320 e. The van der Waals surface area contributed by atoms with Crippen molar-refractivity contribution >= 4 is 11.6 Å². The molecule has 4 aromatic rings. The first-order valence-corrected chi connectivity index (χ1v) is 10.4. The Bertz CT molecular complexity index is 1350. The second-order valence-electron chi connectivity index (χ2n) is 7.64. The van der Waals surface area contributed by atoms with E-state index in [-0.39, 0.29) is 11.3 Å². The molecule has 0 saturated heterocycles. The Morgan fingerprint density at radius 3 is 2.41 bits per heavy atom. The lowest BCUT2D eigenvalue weighted by Gasteiger charge is -2.16. The van der Waals surface area contributed by atoms with Crippen molar-refractivity contribution in [3.05, 3.63) is 89.6 Å². The summed E-state index contributed by atoms with van der Waals surface area (Å²) in [4.78, 5) is 17.3. The first-order chi connectivity index (χ1) is 16.2. The van der Waals surface area contributed by atoms with Gasteiger partial charge in [-0.3, -0.25) is 14.5 Å². The van der Waals surface area contributed by atoms with E-state index in [0.29, 0.717) is 23.7 Å². The van der Waals surface area contributed by atoms with Crippen LogP contribution in [-0.2, 0) is 19.6 Å². The molecule has 9 heteroatoms. The number of carbonyl (C=O) groups excluding carboxylic acids is 1. The average Bonchev–Trinajstić information content (AvgIpc) is 3.25. The molecule has 1 amide bonds. The van der Waals surface area contributed by atoms with E-state index in [4.69, 9.17) is 0 Å². The molecular formula is C25H20F4N4O. The van der Waals surface area contributed by atoms with Crippen LogP contribution in [0.4, 0.5) is 23.2 Å². The van der Waals surface area contributed by atoms with Crippen LogP contribution < -0.4 is 5.32 Å². The van der Waals surface area contributed by atoms with Gasteiger partial charge in [-0.15, -0.1) is 0 Å². The van der Waals surface area contributed by atoms with Crippen molar-refractivity contribution < 1.29 is 22.4 Å². The van der Waals surface area contributed by atoms with Crippen molar-refractivity contribution in [2.24, 2.45) is 7.05 Å². The topological polar surface area (TPSA) is 59.8 Å². The normalized spacial score (nSPS) is 11.5. The fourth-order valence-electron chi connectivity index (χ4n) is 3.59. The zero-order chi connectivity index (χ0) is 24.5. The van der Waals surface area contributed by atoms with E-state index in [1.165, 1.54) is 23.1 Å². The van der Waals surface area contributed by atoms with Crippen molar-refractivity contribution in [2.45, 2.75) is 19.5 Å². The van der Waals surface area contributed by atoms with Gasteiger partial charge in [0.2, 0.25) is 0 Å². The van der Waals surface area contributed by atoms with Crippen molar-refractivity contribution in [3.63, 3.8) is 0 Å². The van der Waals surface area contributed by atoms with Crippen molar-refractivity contribution in [3.8, 4) is 22.4 Å². The van der Waals surface area contributed by atoms with Crippen molar-refractivity contribution in [2.75, 3.05) is 5.32 Å². The zero-order valence-electron chi connectivity index (χ0n) is 18.3. The molecule has 0 aliphatic heterocycles. The molecule has 4 rings (SSSR count). The summed E-state index contributed by atoms with van der Waals surface area (Å²) in [6.07, 6.45) is -1.25. The van der Waals surface area contributed by atoms with Gasteiger partial charge in [0.15, 0.2) is 0 Å². The van der Waals surface area contributed by atoms with Gasteiger partial charge in [-0.1, -0.05) is 37.3 Å². The third-order valence-corrected chi connectivity index (χ3v) is 5.30. The lowest BCUT2D eigenvalue weighted by Crippen LogP contribution is -2.17. The maximum atomic E-state index is 14.8. The Morgan fingerprint density at radius 1 is 1.06 bits per heavy atom. The number of aryl methyl sites for hydroxylation is 2. The van der Waals surface area contributed by atoms with Gasteiger partial charge in [0, 0.05) is 30.1 Å². The number of hydrogen-bond donors (Lipinski definition) is 1. The molecule has 0 bridgehead atoms. The summed E-state index contributed by atoms with van der Waals surface area (Å²) in [5.74, 6) is -2.18. The van der Waals surface area contributed by atoms with E-state index >= 15 is 0 Å². The Morgan fingerprint density at radius 2 is 1.79 bits per heavy atom. The largest absolute Gasteiger partial charge is 0.417 e. The number of halogens is 4. The summed E-state index contributed by atoms with van der Waals surface area (Å²) in [5.41, 5.74) is 0.411. The number of aromatic nitrogens is 3. The van der Waals surface area contributed by atoms with Crippen molar-refractivity contribution in [1.29, 1.82) is 0 Å². The highest BCUT2D eigenvalue weighted by Crippen LogP contribution is 2.38.